The van der Waals surface area contributed by atoms with E-state index < -0.39 is 0 Å². The van der Waals surface area contributed by atoms with Gasteiger partial charge in [-0.2, -0.15) is 0 Å². The lowest BCUT2D eigenvalue weighted by atomic mass is 10.2. The van der Waals surface area contributed by atoms with Crippen molar-refractivity contribution in [2.75, 3.05) is 0 Å². The SMILES string of the molecule is O=C(NCc1cc2c(s1)CCC2)c1ccc(F)cc1Br. The zero-order valence-electron chi connectivity index (χ0n) is 10.7. The van der Waals surface area contributed by atoms with Crippen LogP contribution < -0.4 is 5.32 Å². The number of aryl methyl sites for hydroxylation is 2. The van der Waals surface area contributed by atoms with Gasteiger partial charge in [0.1, 0.15) is 5.82 Å². The number of benzene rings is 1. The molecule has 0 fully saturated rings. The lowest BCUT2D eigenvalue weighted by Crippen LogP contribution is -2.22. The highest BCUT2D eigenvalue weighted by Gasteiger charge is 2.16. The third kappa shape index (κ3) is 2.79. The van der Waals surface area contributed by atoms with E-state index in [1.54, 1.807) is 11.3 Å². The molecule has 0 radical (unpaired) electrons. The molecule has 3 rings (SSSR count). The number of hydrogen-bond donors (Lipinski definition) is 1. The zero-order chi connectivity index (χ0) is 14.1. The Kier molecular flexibility index (Phi) is 3.89. The Balaban J connectivity index is 1.66. The van der Waals surface area contributed by atoms with Gasteiger partial charge in [0.15, 0.2) is 0 Å². The van der Waals surface area contributed by atoms with E-state index in [4.69, 9.17) is 0 Å². The van der Waals surface area contributed by atoms with Gasteiger partial charge < -0.3 is 5.32 Å². The third-order valence-electron chi connectivity index (χ3n) is 3.40. The second kappa shape index (κ2) is 5.66. The predicted octanol–water partition coefficient (Wildman–Crippen LogP) is 4.07. The molecule has 0 saturated carbocycles. The fourth-order valence-electron chi connectivity index (χ4n) is 2.41. The lowest BCUT2D eigenvalue weighted by Gasteiger charge is -2.06. The van der Waals surface area contributed by atoms with Crippen molar-refractivity contribution in [2.24, 2.45) is 0 Å². The van der Waals surface area contributed by atoms with Crippen LogP contribution in [0.3, 0.4) is 0 Å². The van der Waals surface area contributed by atoms with E-state index in [1.165, 1.54) is 39.9 Å². The molecule has 1 heterocycles. The van der Waals surface area contributed by atoms with Gasteiger partial charge in [-0.05, 0) is 65.0 Å². The van der Waals surface area contributed by atoms with Crippen LogP contribution in [0.1, 0.15) is 32.1 Å². The summed E-state index contributed by atoms with van der Waals surface area (Å²) < 4.78 is 13.5. The number of thiophene rings is 1. The third-order valence-corrected chi connectivity index (χ3v) is 5.29. The Morgan fingerprint density at radius 2 is 2.20 bits per heavy atom. The van der Waals surface area contributed by atoms with Crippen LogP contribution >= 0.6 is 27.3 Å². The quantitative estimate of drug-likeness (QED) is 0.885. The zero-order valence-corrected chi connectivity index (χ0v) is 13.1. The number of carbonyl (C=O) groups is 1. The van der Waals surface area contributed by atoms with E-state index >= 15 is 0 Å². The first-order valence-corrected chi connectivity index (χ1v) is 8.08. The summed E-state index contributed by atoms with van der Waals surface area (Å²) >= 11 is 4.99. The fourth-order valence-corrected chi connectivity index (χ4v) is 4.15. The first-order valence-electron chi connectivity index (χ1n) is 6.47. The van der Waals surface area contributed by atoms with Crippen LogP contribution in [0, 0.1) is 5.82 Å². The lowest BCUT2D eigenvalue weighted by molar-refractivity contribution is 0.0950. The van der Waals surface area contributed by atoms with Gasteiger partial charge in [0.05, 0.1) is 12.1 Å². The van der Waals surface area contributed by atoms with E-state index in [-0.39, 0.29) is 11.7 Å². The molecule has 0 aliphatic heterocycles. The van der Waals surface area contributed by atoms with Gasteiger partial charge in [-0.1, -0.05) is 0 Å². The molecule has 0 unspecified atom stereocenters. The second-order valence-electron chi connectivity index (χ2n) is 4.82. The van der Waals surface area contributed by atoms with Crippen molar-refractivity contribution in [1.29, 1.82) is 0 Å². The molecule has 20 heavy (non-hydrogen) atoms. The molecule has 2 aromatic rings. The van der Waals surface area contributed by atoms with Gasteiger partial charge in [-0.25, -0.2) is 4.39 Å². The molecule has 0 saturated heterocycles. The number of hydrogen-bond acceptors (Lipinski definition) is 2. The number of amides is 1. The minimum absolute atomic E-state index is 0.189. The summed E-state index contributed by atoms with van der Waals surface area (Å²) in [6.45, 7) is 0.528. The maximum absolute atomic E-state index is 13.0. The summed E-state index contributed by atoms with van der Waals surface area (Å²) in [5.74, 6) is -0.548. The topological polar surface area (TPSA) is 29.1 Å². The summed E-state index contributed by atoms with van der Waals surface area (Å²) in [6.07, 6.45) is 3.57. The summed E-state index contributed by atoms with van der Waals surface area (Å²) in [5, 5.41) is 2.88. The molecule has 1 aliphatic carbocycles. The van der Waals surface area contributed by atoms with Crippen molar-refractivity contribution in [3.05, 3.63) is 55.4 Å². The van der Waals surface area contributed by atoms with Crippen LogP contribution in [0.25, 0.3) is 0 Å². The minimum Gasteiger partial charge on any atom is -0.347 e. The minimum atomic E-state index is -0.358. The van der Waals surface area contributed by atoms with Crippen molar-refractivity contribution in [3.8, 4) is 0 Å². The van der Waals surface area contributed by atoms with Gasteiger partial charge in [-0.3, -0.25) is 4.79 Å². The normalized spacial score (nSPS) is 13.3. The van der Waals surface area contributed by atoms with Gasteiger partial charge in [0.25, 0.3) is 5.91 Å². The van der Waals surface area contributed by atoms with Crippen molar-refractivity contribution < 1.29 is 9.18 Å². The molecular weight excluding hydrogens is 341 g/mol. The number of halogens is 2. The molecule has 1 amide bonds. The van der Waals surface area contributed by atoms with Gasteiger partial charge in [-0.15, -0.1) is 11.3 Å². The van der Waals surface area contributed by atoms with E-state index in [0.717, 1.165) is 12.8 Å². The van der Waals surface area contributed by atoms with Crippen LogP contribution in [0.15, 0.2) is 28.7 Å². The van der Waals surface area contributed by atoms with Crippen LogP contribution in [0.2, 0.25) is 0 Å². The van der Waals surface area contributed by atoms with E-state index in [2.05, 4.69) is 27.3 Å². The van der Waals surface area contributed by atoms with Crippen LogP contribution in [-0.2, 0) is 19.4 Å². The number of fused-ring (bicyclic) bond motifs is 1. The number of rotatable bonds is 3. The molecule has 0 bridgehead atoms. The monoisotopic (exact) mass is 353 g/mol. The average molecular weight is 354 g/mol. The van der Waals surface area contributed by atoms with E-state index in [0.29, 0.717) is 16.6 Å². The van der Waals surface area contributed by atoms with Crippen molar-refractivity contribution in [2.45, 2.75) is 25.8 Å². The summed E-state index contributed by atoms with van der Waals surface area (Å²) in [7, 11) is 0. The fraction of sp³-hybridized carbons (Fsp3) is 0.267. The molecule has 2 nitrogen and oxygen atoms in total. The van der Waals surface area contributed by atoms with Gasteiger partial charge >= 0.3 is 0 Å². The Morgan fingerprint density at radius 3 is 2.95 bits per heavy atom. The maximum atomic E-state index is 13.0. The maximum Gasteiger partial charge on any atom is 0.252 e. The average Bonchev–Trinajstić information content (AvgIpc) is 2.96. The highest BCUT2D eigenvalue weighted by Crippen LogP contribution is 2.30. The van der Waals surface area contributed by atoms with Gasteiger partial charge in [0, 0.05) is 14.2 Å². The highest BCUT2D eigenvalue weighted by molar-refractivity contribution is 9.10. The van der Waals surface area contributed by atoms with Gasteiger partial charge in [0.2, 0.25) is 0 Å². The molecule has 5 heteroatoms. The standard InChI is InChI=1S/C15H13BrFNOS/c16-13-7-10(17)4-5-12(13)15(19)18-8-11-6-9-2-1-3-14(9)20-11/h4-7H,1-3,8H2,(H,18,19). The molecular formula is C15H13BrFNOS. The predicted molar refractivity (Wildman–Crippen MR) is 81.6 cm³/mol. The first kappa shape index (κ1) is 13.8. The number of carbonyl (C=O) groups excluding carboxylic acids is 1. The largest absolute Gasteiger partial charge is 0.347 e. The number of nitrogens with one attached hydrogen (secondary N) is 1. The molecule has 1 aromatic carbocycles. The summed E-state index contributed by atoms with van der Waals surface area (Å²) in [5.41, 5.74) is 1.89. The van der Waals surface area contributed by atoms with Crippen LogP contribution in [0.5, 0.6) is 0 Å². The van der Waals surface area contributed by atoms with E-state index in [9.17, 15) is 9.18 Å². The molecule has 1 N–H and O–H groups in total. The van der Waals surface area contributed by atoms with Crippen LogP contribution in [0.4, 0.5) is 4.39 Å². The van der Waals surface area contributed by atoms with Crippen molar-refractivity contribution in [1.82, 2.24) is 5.32 Å². The Labute approximate surface area is 129 Å². The first-order chi connectivity index (χ1) is 9.63. The second-order valence-corrected chi connectivity index (χ2v) is 6.90. The molecule has 1 aliphatic rings. The van der Waals surface area contributed by atoms with Crippen molar-refractivity contribution in [3.63, 3.8) is 0 Å². The Hall–Kier alpha value is -1.20. The highest BCUT2D eigenvalue weighted by atomic mass is 79.9. The molecule has 1 aromatic heterocycles. The summed E-state index contributed by atoms with van der Waals surface area (Å²) in [4.78, 5) is 14.7. The van der Waals surface area contributed by atoms with E-state index in [1.807, 2.05) is 0 Å². The smallest absolute Gasteiger partial charge is 0.252 e. The molecule has 104 valence electrons. The molecule has 0 atom stereocenters. The molecule has 0 spiro atoms. The van der Waals surface area contributed by atoms with Crippen molar-refractivity contribution >= 4 is 33.2 Å². The Morgan fingerprint density at radius 1 is 1.35 bits per heavy atom. The van der Waals surface area contributed by atoms with Crippen LogP contribution in [-0.4, -0.2) is 5.91 Å². The Bertz CT molecular complexity index is 646. The summed E-state index contributed by atoms with van der Waals surface area (Å²) in [6, 6.07) is 6.27.